The molecule has 2 heteroatoms. The van der Waals surface area contributed by atoms with Crippen LogP contribution < -0.4 is 5.32 Å². The maximum absolute atomic E-state index is 4.29. The molecule has 1 nitrogen and oxygen atoms in total. The van der Waals surface area contributed by atoms with E-state index in [2.05, 4.69) is 30.9 Å². The van der Waals surface area contributed by atoms with E-state index in [-0.39, 0.29) is 0 Å². The van der Waals surface area contributed by atoms with E-state index in [0.29, 0.717) is 0 Å². The molecule has 0 radical (unpaired) electrons. The average molecular weight is 153 g/mol. The molecule has 1 N–H and O–H groups in total. The van der Waals surface area contributed by atoms with Gasteiger partial charge in [0.15, 0.2) is 0 Å². The fraction of sp³-hybridized carbons (Fsp3) is 0.250. The van der Waals surface area contributed by atoms with Crippen LogP contribution >= 0.6 is 12.6 Å². The van der Waals surface area contributed by atoms with Crippen molar-refractivity contribution < 1.29 is 0 Å². The van der Waals surface area contributed by atoms with E-state index < -0.39 is 0 Å². The smallest absolute Gasteiger partial charge is 0.0473 e. The van der Waals surface area contributed by atoms with Gasteiger partial charge in [-0.15, -0.1) is 12.6 Å². The normalized spacial score (nSPS) is 9.50. The minimum atomic E-state index is 1.00. The van der Waals surface area contributed by atoms with Crippen molar-refractivity contribution in [3.05, 3.63) is 23.8 Å². The summed E-state index contributed by atoms with van der Waals surface area (Å²) < 4.78 is 0. The molecule has 0 atom stereocenters. The molecule has 0 aliphatic rings. The van der Waals surface area contributed by atoms with Crippen LogP contribution in [0.5, 0.6) is 0 Å². The molecule has 10 heavy (non-hydrogen) atoms. The van der Waals surface area contributed by atoms with Crippen molar-refractivity contribution in [2.45, 2.75) is 11.8 Å². The van der Waals surface area contributed by atoms with Crippen LogP contribution in [0.15, 0.2) is 23.1 Å². The number of nitrogens with one attached hydrogen (secondary N) is 1. The van der Waals surface area contributed by atoms with Crippen LogP contribution in [0.4, 0.5) is 5.69 Å². The molecule has 0 amide bonds. The van der Waals surface area contributed by atoms with E-state index in [1.165, 1.54) is 5.56 Å². The van der Waals surface area contributed by atoms with Gasteiger partial charge in [-0.25, -0.2) is 0 Å². The maximum Gasteiger partial charge on any atom is 0.0473 e. The molecule has 0 unspecified atom stereocenters. The van der Waals surface area contributed by atoms with Gasteiger partial charge in [0.1, 0.15) is 0 Å². The van der Waals surface area contributed by atoms with Crippen molar-refractivity contribution in [2.75, 3.05) is 12.4 Å². The monoisotopic (exact) mass is 153 g/mol. The van der Waals surface area contributed by atoms with Gasteiger partial charge in [0.25, 0.3) is 0 Å². The Balaban J connectivity index is 3.07. The van der Waals surface area contributed by atoms with Crippen LogP contribution in [0.2, 0.25) is 0 Å². The van der Waals surface area contributed by atoms with Crippen LogP contribution in [0.3, 0.4) is 0 Å². The molecule has 1 aromatic carbocycles. The van der Waals surface area contributed by atoms with E-state index in [9.17, 15) is 0 Å². The molecule has 0 bridgehead atoms. The molecule has 0 aliphatic carbocycles. The molecule has 1 rings (SSSR count). The van der Waals surface area contributed by atoms with E-state index in [4.69, 9.17) is 0 Å². The lowest BCUT2D eigenvalue weighted by atomic mass is 10.2. The van der Waals surface area contributed by atoms with Crippen molar-refractivity contribution in [2.24, 2.45) is 0 Å². The number of benzene rings is 1. The highest BCUT2D eigenvalue weighted by molar-refractivity contribution is 7.80. The van der Waals surface area contributed by atoms with Gasteiger partial charge in [-0.3, -0.25) is 0 Å². The Morgan fingerprint density at radius 2 is 2.10 bits per heavy atom. The van der Waals surface area contributed by atoms with Gasteiger partial charge in [0.05, 0.1) is 0 Å². The molecule has 0 saturated carbocycles. The summed E-state index contributed by atoms with van der Waals surface area (Å²) >= 11 is 4.29. The lowest BCUT2D eigenvalue weighted by Crippen LogP contribution is -1.88. The zero-order valence-corrected chi connectivity index (χ0v) is 7.07. The Hall–Kier alpha value is -0.630. The first-order chi connectivity index (χ1) is 4.74. The summed E-state index contributed by atoms with van der Waals surface area (Å²) in [6.45, 7) is 2.05. The first-order valence-corrected chi connectivity index (χ1v) is 3.66. The highest BCUT2D eigenvalue weighted by atomic mass is 32.1. The Labute approximate surface area is 66.9 Å². The maximum atomic E-state index is 4.29. The summed E-state index contributed by atoms with van der Waals surface area (Å²) in [5.41, 5.74) is 2.32. The van der Waals surface area contributed by atoms with Gasteiger partial charge in [-0.2, -0.15) is 0 Å². The molecule has 0 saturated heterocycles. The van der Waals surface area contributed by atoms with Crippen LogP contribution in [-0.4, -0.2) is 7.05 Å². The third-order valence-electron chi connectivity index (χ3n) is 1.42. The van der Waals surface area contributed by atoms with Crippen molar-refractivity contribution >= 4 is 18.3 Å². The van der Waals surface area contributed by atoms with Crippen LogP contribution in [-0.2, 0) is 0 Å². The van der Waals surface area contributed by atoms with Crippen molar-refractivity contribution in [3.8, 4) is 0 Å². The SMILES string of the molecule is CNc1ccc(C)cc1S. The molecule has 0 aromatic heterocycles. The summed E-state index contributed by atoms with van der Waals surface area (Å²) in [6.07, 6.45) is 0. The molecule has 0 heterocycles. The number of aryl methyl sites for hydroxylation is 1. The fourth-order valence-electron chi connectivity index (χ4n) is 0.853. The van der Waals surface area contributed by atoms with Gasteiger partial charge in [0.2, 0.25) is 0 Å². The molecule has 0 fully saturated rings. The van der Waals surface area contributed by atoms with Gasteiger partial charge >= 0.3 is 0 Å². The Morgan fingerprint density at radius 1 is 1.40 bits per heavy atom. The average Bonchev–Trinajstić information content (AvgIpc) is 1.88. The molecular formula is C8H11NS. The summed E-state index contributed by atoms with van der Waals surface area (Å²) in [4.78, 5) is 1.00. The number of rotatable bonds is 1. The Kier molecular flexibility index (Phi) is 2.22. The lowest BCUT2D eigenvalue weighted by molar-refractivity contribution is 1.33. The largest absolute Gasteiger partial charge is 0.387 e. The fourth-order valence-corrected chi connectivity index (χ4v) is 1.24. The van der Waals surface area contributed by atoms with Gasteiger partial charge in [-0.05, 0) is 24.6 Å². The number of hydrogen-bond acceptors (Lipinski definition) is 2. The third-order valence-corrected chi connectivity index (χ3v) is 1.79. The standard InChI is InChI=1S/C8H11NS/c1-6-3-4-7(9-2)8(10)5-6/h3-5,9-10H,1-2H3. The zero-order chi connectivity index (χ0) is 7.56. The Bertz CT molecular complexity index is 233. The van der Waals surface area contributed by atoms with Crippen LogP contribution in [0.1, 0.15) is 5.56 Å². The quantitative estimate of drug-likeness (QED) is 0.590. The highest BCUT2D eigenvalue weighted by Gasteiger charge is 1.93. The van der Waals surface area contributed by atoms with Crippen molar-refractivity contribution in [1.82, 2.24) is 0 Å². The predicted octanol–water partition coefficient (Wildman–Crippen LogP) is 2.33. The number of anilines is 1. The first kappa shape index (κ1) is 7.48. The summed E-state index contributed by atoms with van der Waals surface area (Å²) in [6, 6.07) is 6.12. The van der Waals surface area contributed by atoms with Gasteiger partial charge in [0, 0.05) is 17.6 Å². The van der Waals surface area contributed by atoms with E-state index >= 15 is 0 Å². The second-order valence-corrected chi connectivity index (χ2v) is 2.75. The highest BCUT2D eigenvalue weighted by Crippen LogP contribution is 2.19. The van der Waals surface area contributed by atoms with E-state index in [0.717, 1.165) is 10.6 Å². The number of thiol groups is 1. The van der Waals surface area contributed by atoms with Crippen molar-refractivity contribution in [1.29, 1.82) is 0 Å². The summed E-state index contributed by atoms with van der Waals surface area (Å²) in [5.74, 6) is 0. The second-order valence-electron chi connectivity index (χ2n) is 2.27. The minimum absolute atomic E-state index is 1.00. The van der Waals surface area contributed by atoms with Crippen molar-refractivity contribution in [3.63, 3.8) is 0 Å². The Morgan fingerprint density at radius 3 is 2.60 bits per heavy atom. The zero-order valence-electron chi connectivity index (χ0n) is 6.18. The van der Waals surface area contributed by atoms with E-state index in [1.54, 1.807) is 0 Å². The molecule has 0 aliphatic heterocycles. The summed E-state index contributed by atoms with van der Waals surface area (Å²) in [7, 11) is 1.89. The lowest BCUT2D eigenvalue weighted by Gasteiger charge is -2.03. The second kappa shape index (κ2) is 2.97. The molecule has 54 valence electrons. The predicted molar refractivity (Wildman–Crippen MR) is 48.0 cm³/mol. The first-order valence-electron chi connectivity index (χ1n) is 3.21. The van der Waals surface area contributed by atoms with Gasteiger partial charge < -0.3 is 5.32 Å². The third kappa shape index (κ3) is 1.45. The van der Waals surface area contributed by atoms with Crippen LogP contribution in [0.25, 0.3) is 0 Å². The molecule has 0 spiro atoms. The molecule has 1 aromatic rings. The van der Waals surface area contributed by atoms with Crippen LogP contribution in [0, 0.1) is 6.92 Å². The molecular weight excluding hydrogens is 142 g/mol. The minimum Gasteiger partial charge on any atom is -0.387 e. The summed E-state index contributed by atoms with van der Waals surface area (Å²) in [5, 5.41) is 3.05. The van der Waals surface area contributed by atoms with Gasteiger partial charge in [-0.1, -0.05) is 6.07 Å². The van der Waals surface area contributed by atoms with E-state index in [1.807, 2.05) is 19.2 Å². The topological polar surface area (TPSA) is 12.0 Å². The number of hydrogen-bond donors (Lipinski definition) is 2.